The molecule has 0 aliphatic rings. The number of amides is 2. The van der Waals surface area contributed by atoms with E-state index in [-0.39, 0.29) is 17.9 Å². The Labute approximate surface area is 83.9 Å². The molecule has 0 radical (unpaired) electrons. The molecule has 14 heavy (non-hydrogen) atoms. The van der Waals surface area contributed by atoms with Crippen molar-refractivity contribution in [2.24, 2.45) is 5.92 Å². The molecule has 0 rings (SSSR count). The molecular weight excluding hydrogens is 184 g/mol. The van der Waals surface area contributed by atoms with Crippen LogP contribution in [0, 0.1) is 5.92 Å². The SMILES string of the molecule is CCC(NC(=O)CO)[C@H](C)C(=O)NC. The van der Waals surface area contributed by atoms with E-state index >= 15 is 0 Å². The van der Waals surface area contributed by atoms with Crippen LogP contribution in [0.4, 0.5) is 0 Å². The zero-order chi connectivity index (χ0) is 11.1. The number of aliphatic hydroxyl groups excluding tert-OH is 1. The highest BCUT2D eigenvalue weighted by Crippen LogP contribution is 2.06. The van der Waals surface area contributed by atoms with Gasteiger partial charge in [-0.2, -0.15) is 0 Å². The van der Waals surface area contributed by atoms with Gasteiger partial charge in [0, 0.05) is 13.1 Å². The third-order valence-corrected chi connectivity index (χ3v) is 2.19. The lowest BCUT2D eigenvalue weighted by atomic mass is 9.99. The van der Waals surface area contributed by atoms with Crippen LogP contribution in [-0.2, 0) is 9.59 Å². The maximum Gasteiger partial charge on any atom is 0.245 e. The zero-order valence-corrected chi connectivity index (χ0v) is 8.83. The van der Waals surface area contributed by atoms with Gasteiger partial charge in [0.05, 0.1) is 5.92 Å². The number of carbonyl (C=O) groups is 2. The Morgan fingerprint density at radius 3 is 2.36 bits per heavy atom. The molecule has 0 saturated heterocycles. The first-order valence-electron chi connectivity index (χ1n) is 4.68. The first-order chi connectivity index (χ1) is 6.56. The predicted octanol–water partition coefficient (Wildman–Crippen LogP) is -0.744. The topological polar surface area (TPSA) is 78.4 Å². The lowest BCUT2D eigenvalue weighted by molar-refractivity contribution is -0.127. The lowest BCUT2D eigenvalue weighted by Crippen LogP contribution is -2.45. The van der Waals surface area contributed by atoms with E-state index in [0.29, 0.717) is 6.42 Å². The van der Waals surface area contributed by atoms with Crippen LogP contribution < -0.4 is 10.6 Å². The molecule has 5 nitrogen and oxygen atoms in total. The number of hydrogen-bond acceptors (Lipinski definition) is 3. The third-order valence-electron chi connectivity index (χ3n) is 2.19. The van der Waals surface area contributed by atoms with Gasteiger partial charge in [-0.25, -0.2) is 0 Å². The molecule has 0 aliphatic carbocycles. The highest BCUT2D eigenvalue weighted by molar-refractivity contribution is 5.81. The summed E-state index contributed by atoms with van der Waals surface area (Å²) in [6, 6.07) is -0.227. The van der Waals surface area contributed by atoms with Crippen LogP contribution in [0.2, 0.25) is 0 Å². The van der Waals surface area contributed by atoms with Crippen molar-refractivity contribution in [2.45, 2.75) is 26.3 Å². The van der Waals surface area contributed by atoms with Crippen molar-refractivity contribution in [3.05, 3.63) is 0 Å². The first kappa shape index (κ1) is 12.9. The van der Waals surface area contributed by atoms with E-state index in [4.69, 9.17) is 5.11 Å². The summed E-state index contributed by atoms with van der Waals surface area (Å²) in [5, 5.41) is 13.6. The lowest BCUT2D eigenvalue weighted by Gasteiger charge is -2.22. The molecule has 3 N–H and O–H groups in total. The summed E-state index contributed by atoms with van der Waals surface area (Å²) in [7, 11) is 1.55. The van der Waals surface area contributed by atoms with Gasteiger partial charge in [0.2, 0.25) is 11.8 Å². The molecule has 82 valence electrons. The van der Waals surface area contributed by atoms with Crippen molar-refractivity contribution >= 4 is 11.8 Å². The van der Waals surface area contributed by atoms with Gasteiger partial charge in [-0.3, -0.25) is 9.59 Å². The standard InChI is InChI=1S/C9H18N2O3/c1-4-7(11-8(13)5-12)6(2)9(14)10-3/h6-7,12H,4-5H2,1-3H3,(H,10,14)(H,11,13)/t6-,7?/m0/s1. The molecule has 0 aromatic carbocycles. The number of carbonyl (C=O) groups excluding carboxylic acids is 2. The second-order valence-electron chi connectivity index (χ2n) is 3.14. The molecule has 0 aromatic heterocycles. The van der Waals surface area contributed by atoms with E-state index in [1.165, 1.54) is 0 Å². The van der Waals surface area contributed by atoms with Crippen LogP contribution in [0.3, 0.4) is 0 Å². The molecular formula is C9H18N2O3. The Bertz CT molecular complexity index is 206. The van der Waals surface area contributed by atoms with Crippen molar-refractivity contribution in [3.8, 4) is 0 Å². The molecule has 0 saturated carbocycles. The van der Waals surface area contributed by atoms with Crippen molar-refractivity contribution in [3.63, 3.8) is 0 Å². The molecule has 0 aromatic rings. The van der Waals surface area contributed by atoms with Gasteiger partial charge in [-0.05, 0) is 6.42 Å². The fraction of sp³-hybridized carbons (Fsp3) is 0.778. The average Bonchev–Trinajstić information content (AvgIpc) is 2.23. The van der Waals surface area contributed by atoms with E-state index in [2.05, 4.69) is 10.6 Å². The molecule has 2 atom stereocenters. The van der Waals surface area contributed by atoms with Crippen molar-refractivity contribution in [2.75, 3.05) is 13.7 Å². The van der Waals surface area contributed by atoms with Gasteiger partial charge >= 0.3 is 0 Å². The van der Waals surface area contributed by atoms with Crippen LogP contribution in [0.5, 0.6) is 0 Å². The van der Waals surface area contributed by atoms with Crippen molar-refractivity contribution < 1.29 is 14.7 Å². The minimum atomic E-state index is -0.545. The molecule has 0 heterocycles. The summed E-state index contributed by atoms with van der Waals surface area (Å²) in [4.78, 5) is 22.2. The fourth-order valence-electron chi connectivity index (χ4n) is 1.24. The Morgan fingerprint density at radius 2 is 2.00 bits per heavy atom. The Morgan fingerprint density at radius 1 is 1.43 bits per heavy atom. The van der Waals surface area contributed by atoms with E-state index < -0.39 is 12.5 Å². The van der Waals surface area contributed by atoms with E-state index in [9.17, 15) is 9.59 Å². The second-order valence-corrected chi connectivity index (χ2v) is 3.14. The number of rotatable bonds is 5. The van der Waals surface area contributed by atoms with Crippen LogP contribution >= 0.6 is 0 Å². The fourth-order valence-corrected chi connectivity index (χ4v) is 1.24. The minimum Gasteiger partial charge on any atom is -0.387 e. The molecule has 5 heteroatoms. The van der Waals surface area contributed by atoms with Crippen LogP contribution in [0.1, 0.15) is 20.3 Å². The zero-order valence-electron chi connectivity index (χ0n) is 8.83. The summed E-state index contributed by atoms with van der Waals surface area (Å²) in [5.74, 6) is -0.858. The molecule has 0 spiro atoms. The van der Waals surface area contributed by atoms with Crippen LogP contribution in [0.15, 0.2) is 0 Å². The number of hydrogen-bond donors (Lipinski definition) is 3. The minimum absolute atomic E-state index is 0.116. The largest absolute Gasteiger partial charge is 0.387 e. The predicted molar refractivity (Wildman–Crippen MR) is 52.5 cm³/mol. The summed E-state index contributed by atoms with van der Waals surface area (Å²) < 4.78 is 0. The summed E-state index contributed by atoms with van der Waals surface area (Å²) in [5.41, 5.74) is 0. The monoisotopic (exact) mass is 202 g/mol. The summed E-state index contributed by atoms with van der Waals surface area (Å²) in [6.07, 6.45) is 0.653. The van der Waals surface area contributed by atoms with Crippen LogP contribution in [-0.4, -0.2) is 36.6 Å². The number of aliphatic hydroxyl groups is 1. The van der Waals surface area contributed by atoms with Gasteiger partial charge in [0.15, 0.2) is 0 Å². The Kier molecular flexibility index (Phi) is 5.87. The maximum absolute atomic E-state index is 11.3. The highest BCUT2D eigenvalue weighted by atomic mass is 16.3. The third kappa shape index (κ3) is 3.74. The Balaban J connectivity index is 4.25. The van der Waals surface area contributed by atoms with E-state index in [1.54, 1.807) is 14.0 Å². The first-order valence-corrected chi connectivity index (χ1v) is 4.68. The quantitative estimate of drug-likeness (QED) is 0.549. The van der Waals surface area contributed by atoms with Gasteiger partial charge in [-0.1, -0.05) is 13.8 Å². The molecule has 0 fully saturated rings. The van der Waals surface area contributed by atoms with Gasteiger partial charge in [0.25, 0.3) is 0 Å². The molecule has 0 bridgehead atoms. The summed E-state index contributed by atoms with van der Waals surface area (Å²) >= 11 is 0. The van der Waals surface area contributed by atoms with Gasteiger partial charge < -0.3 is 15.7 Å². The van der Waals surface area contributed by atoms with Gasteiger partial charge in [-0.15, -0.1) is 0 Å². The van der Waals surface area contributed by atoms with Crippen molar-refractivity contribution in [1.82, 2.24) is 10.6 Å². The molecule has 1 unspecified atom stereocenters. The van der Waals surface area contributed by atoms with Gasteiger partial charge in [0.1, 0.15) is 6.61 Å². The highest BCUT2D eigenvalue weighted by Gasteiger charge is 2.22. The smallest absolute Gasteiger partial charge is 0.245 e. The second kappa shape index (κ2) is 6.37. The maximum atomic E-state index is 11.3. The molecule has 0 aliphatic heterocycles. The number of nitrogens with one attached hydrogen (secondary N) is 2. The van der Waals surface area contributed by atoms with E-state index in [0.717, 1.165) is 0 Å². The normalized spacial score (nSPS) is 14.3. The Hall–Kier alpha value is -1.10. The summed E-state index contributed by atoms with van der Waals surface area (Å²) in [6.45, 7) is 3.07. The molecule has 2 amide bonds. The van der Waals surface area contributed by atoms with E-state index in [1.807, 2.05) is 6.92 Å². The van der Waals surface area contributed by atoms with Crippen LogP contribution in [0.25, 0.3) is 0 Å². The average molecular weight is 202 g/mol. The van der Waals surface area contributed by atoms with Crippen molar-refractivity contribution in [1.29, 1.82) is 0 Å².